The molecular weight excluding hydrogens is 278 g/mol. The minimum Gasteiger partial charge on any atom is -0.360 e. The Labute approximate surface area is 119 Å². The average Bonchev–Trinajstić information content (AvgIpc) is 2.92. The van der Waals surface area contributed by atoms with Crippen molar-refractivity contribution in [2.75, 3.05) is 5.32 Å². The molecule has 0 aliphatic carbocycles. The van der Waals surface area contributed by atoms with Gasteiger partial charge in [-0.1, -0.05) is 6.07 Å². The molecule has 20 heavy (non-hydrogen) atoms. The molecular formula is C12H11N5O2S. The van der Waals surface area contributed by atoms with Gasteiger partial charge in [-0.3, -0.25) is 15.5 Å². The van der Waals surface area contributed by atoms with Crippen LogP contribution in [0, 0.1) is 10.1 Å². The SMILES string of the molecule is O=[N+]([O-])c1cccc(NC(=S)N/N=C/c2ccc[nH]2)c1. The van der Waals surface area contributed by atoms with Crippen LogP contribution >= 0.6 is 12.2 Å². The maximum absolute atomic E-state index is 10.6. The van der Waals surface area contributed by atoms with E-state index in [4.69, 9.17) is 12.2 Å². The van der Waals surface area contributed by atoms with Crippen LogP contribution in [-0.4, -0.2) is 21.2 Å². The molecule has 0 radical (unpaired) electrons. The van der Waals surface area contributed by atoms with E-state index < -0.39 is 4.92 Å². The molecule has 8 heteroatoms. The Kier molecular flexibility index (Phi) is 4.40. The lowest BCUT2D eigenvalue weighted by Crippen LogP contribution is -2.23. The van der Waals surface area contributed by atoms with Crippen LogP contribution in [0.25, 0.3) is 0 Å². The summed E-state index contributed by atoms with van der Waals surface area (Å²) in [6, 6.07) is 9.75. The van der Waals surface area contributed by atoms with Gasteiger partial charge in [0.15, 0.2) is 5.11 Å². The van der Waals surface area contributed by atoms with E-state index in [1.165, 1.54) is 12.1 Å². The molecule has 0 saturated heterocycles. The van der Waals surface area contributed by atoms with E-state index >= 15 is 0 Å². The molecule has 102 valence electrons. The van der Waals surface area contributed by atoms with Crippen LogP contribution in [0.5, 0.6) is 0 Å². The first kappa shape index (κ1) is 13.7. The van der Waals surface area contributed by atoms with Crippen LogP contribution in [0.2, 0.25) is 0 Å². The molecule has 0 amide bonds. The lowest BCUT2D eigenvalue weighted by Gasteiger charge is -2.06. The van der Waals surface area contributed by atoms with Crippen LogP contribution in [-0.2, 0) is 0 Å². The van der Waals surface area contributed by atoms with Crippen molar-refractivity contribution in [3.05, 3.63) is 58.4 Å². The van der Waals surface area contributed by atoms with E-state index in [9.17, 15) is 10.1 Å². The Morgan fingerprint density at radius 3 is 2.95 bits per heavy atom. The number of nitrogens with zero attached hydrogens (tertiary/aromatic N) is 2. The number of rotatable bonds is 4. The summed E-state index contributed by atoms with van der Waals surface area (Å²) in [5, 5.41) is 17.6. The van der Waals surface area contributed by atoms with E-state index in [2.05, 4.69) is 20.8 Å². The molecule has 0 saturated carbocycles. The summed E-state index contributed by atoms with van der Waals surface area (Å²) in [5.74, 6) is 0. The van der Waals surface area contributed by atoms with Crippen LogP contribution < -0.4 is 10.7 Å². The van der Waals surface area contributed by atoms with Gasteiger partial charge >= 0.3 is 0 Å². The molecule has 0 atom stereocenters. The molecule has 0 unspecified atom stereocenters. The largest absolute Gasteiger partial charge is 0.360 e. The molecule has 7 nitrogen and oxygen atoms in total. The van der Waals surface area contributed by atoms with Crippen molar-refractivity contribution in [2.24, 2.45) is 5.10 Å². The number of thiocarbonyl (C=S) groups is 1. The number of hydrogen-bond acceptors (Lipinski definition) is 4. The Balaban J connectivity index is 1.91. The minimum absolute atomic E-state index is 0.00677. The summed E-state index contributed by atoms with van der Waals surface area (Å²) in [5.41, 5.74) is 3.96. The van der Waals surface area contributed by atoms with Gasteiger partial charge in [0.05, 0.1) is 16.8 Å². The van der Waals surface area contributed by atoms with Crippen molar-refractivity contribution in [1.82, 2.24) is 10.4 Å². The van der Waals surface area contributed by atoms with Crippen molar-refractivity contribution in [2.45, 2.75) is 0 Å². The van der Waals surface area contributed by atoms with Crippen LogP contribution in [0.15, 0.2) is 47.7 Å². The third kappa shape index (κ3) is 3.89. The highest BCUT2D eigenvalue weighted by Gasteiger charge is 2.05. The zero-order valence-electron chi connectivity index (χ0n) is 10.2. The second-order valence-electron chi connectivity index (χ2n) is 3.76. The van der Waals surface area contributed by atoms with Crippen LogP contribution in [0.3, 0.4) is 0 Å². The molecule has 2 aromatic rings. The predicted octanol–water partition coefficient (Wildman–Crippen LogP) is 2.24. The molecule has 2 rings (SSSR count). The predicted molar refractivity (Wildman–Crippen MR) is 80.8 cm³/mol. The smallest absolute Gasteiger partial charge is 0.271 e. The highest BCUT2D eigenvalue weighted by molar-refractivity contribution is 7.80. The summed E-state index contributed by atoms with van der Waals surface area (Å²) in [4.78, 5) is 13.1. The Hall–Kier alpha value is -2.74. The van der Waals surface area contributed by atoms with Gasteiger partial charge in [-0.2, -0.15) is 5.10 Å². The molecule has 0 spiro atoms. The zero-order chi connectivity index (χ0) is 14.4. The average molecular weight is 289 g/mol. The first-order chi connectivity index (χ1) is 9.65. The van der Waals surface area contributed by atoms with Gasteiger partial charge in [0.1, 0.15) is 0 Å². The molecule has 0 aliphatic rings. The number of hydrogen-bond donors (Lipinski definition) is 3. The van der Waals surface area contributed by atoms with Gasteiger partial charge in [0.2, 0.25) is 0 Å². The minimum atomic E-state index is -0.467. The normalized spacial score (nSPS) is 10.4. The number of anilines is 1. The van der Waals surface area contributed by atoms with Gasteiger partial charge in [0, 0.05) is 24.0 Å². The van der Waals surface area contributed by atoms with Crippen molar-refractivity contribution in [3.63, 3.8) is 0 Å². The maximum atomic E-state index is 10.6. The molecule has 1 heterocycles. The lowest BCUT2D eigenvalue weighted by atomic mass is 10.3. The Bertz CT molecular complexity index is 639. The molecule has 0 aliphatic heterocycles. The number of hydrazone groups is 1. The zero-order valence-corrected chi connectivity index (χ0v) is 11.1. The fourth-order valence-electron chi connectivity index (χ4n) is 1.44. The topological polar surface area (TPSA) is 95.3 Å². The second-order valence-corrected chi connectivity index (χ2v) is 4.17. The third-order valence-electron chi connectivity index (χ3n) is 2.31. The number of aromatic nitrogens is 1. The van der Waals surface area contributed by atoms with E-state index in [1.54, 1.807) is 24.5 Å². The van der Waals surface area contributed by atoms with Crippen molar-refractivity contribution in [1.29, 1.82) is 0 Å². The van der Waals surface area contributed by atoms with E-state index in [0.29, 0.717) is 5.69 Å². The summed E-state index contributed by atoms with van der Waals surface area (Å²) in [6.07, 6.45) is 3.35. The summed E-state index contributed by atoms with van der Waals surface area (Å²) in [6.45, 7) is 0. The van der Waals surface area contributed by atoms with E-state index in [1.807, 2.05) is 12.1 Å². The number of nitrogens with one attached hydrogen (secondary N) is 3. The van der Waals surface area contributed by atoms with Gasteiger partial charge < -0.3 is 10.3 Å². The summed E-state index contributed by atoms with van der Waals surface area (Å²) in [7, 11) is 0. The fraction of sp³-hybridized carbons (Fsp3) is 0. The van der Waals surface area contributed by atoms with E-state index in [-0.39, 0.29) is 10.8 Å². The van der Waals surface area contributed by atoms with Gasteiger partial charge in [0.25, 0.3) is 5.69 Å². The van der Waals surface area contributed by atoms with E-state index in [0.717, 1.165) is 5.69 Å². The number of aromatic amines is 1. The first-order valence-electron chi connectivity index (χ1n) is 5.63. The number of non-ortho nitro benzene ring substituents is 1. The standard InChI is InChI=1S/C12H11N5O2S/c18-17(19)11-5-1-3-9(7-11)15-12(20)16-14-8-10-4-2-6-13-10/h1-8,13H,(H2,15,16,20)/b14-8+. The Morgan fingerprint density at radius 1 is 1.40 bits per heavy atom. The monoisotopic (exact) mass is 289 g/mol. The van der Waals surface area contributed by atoms with Gasteiger partial charge in [-0.05, 0) is 30.4 Å². The molecule has 0 fully saturated rings. The lowest BCUT2D eigenvalue weighted by molar-refractivity contribution is -0.384. The molecule has 1 aromatic heterocycles. The number of nitro groups is 1. The second kappa shape index (κ2) is 6.43. The number of nitro benzene ring substituents is 1. The van der Waals surface area contributed by atoms with Gasteiger partial charge in [-0.25, -0.2) is 0 Å². The van der Waals surface area contributed by atoms with Crippen LogP contribution in [0.4, 0.5) is 11.4 Å². The summed E-state index contributed by atoms with van der Waals surface area (Å²) >= 11 is 5.02. The summed E-state index contributed by atoms with van der Waals surface area (Å²) < 4.78 is 0. The van der Waals surface area contributed by atoms with Crippen molar-refractivity contribution in [3.8, 4) is 0 Å². The fourth-order valence-corrected chi connectivity index (χ4v) is 1.61. The maximum Gasteiger partial charge on any atom is 0.271 e. The number of H-pyrrole nitrogens is 1. The molecule has 0 bridgehead atoms. The molecule has 3 N–H and O–H groups in total. The van der Waals surface area contributed by atoms with Gasteiger partial charge in [-0.15, -0.1) is 0 Å². The van der Waals surface area contributed by atoms with Crippen molar-refractivity contribution < 1.29 is 4.92 Å². The quantitative estimate of drug-likeness (QED) is 0.347. The highest BCUT2D eigenvalue weighted by atomic mass is 32.1. The van der Waals surface area contributed by atoms with Crippen molar-refractivity contribution >= 4 is 34.9 Å². The molecule has 1 aromatic carbocycles. The Morgan fingerprint density at radius 2 is 2.25 bits per heavy atom. The number of benzene rings is 1. The van der Waals surface area contributed by atoms with Crippen LogP contribution in [0.1, 0.15) is 5.69 Å². The highest BCUT2D eigenvalue weighted by Crippen LogP contribution is 2.16. The first-order valence-corrected chi connectivity index (χ1v) is 6.04. The third-order valence-corrected chi connectivity index (χ3v) is 2.50.